The van der Waals surface area contributed by atoms with E-state index in [9.17, 15) is 0 Å². The summed E-state index contributed by atoms with van der Waals surface area (Å²) in [5.74, 6) is 1.65. The van der Waals surface area contributed by atoms with Crippen LogP contribution in [0.1, 0.15) is 19.8 Å². The Morgan fingerprint density at radius 1 is 1.19 bits per heavy atom. The van der Waals surface area contributed by atoms with E-state index in [0.29, 0.717) is 5.82 Å². The standard InChI is InChI=1S/C17H16N6S3/c1-2-3-5-25-17-12(18)11-13(10-7-19-9-20-8-10)22-14(23-15(11)26-17)16-21-4-6-24-16/h4,6-9H,2-3,5,18H2,1H3. The van der Waals surface area contributed by atoms with Gasteiger partial charge < -0.3 is 5.73 Å². The number of thioether (sulfide) groups is 1. The van der Waals surface area contributed by atoms with Crippen molar-refractivity contribution in [3.63, 3.8) is 0 Å². The molecule has 0 radical (unpaired) electrons. The second kappa shape index (κ2) is 7.65. The molecule has 0 spiro atoms. The highest BCUT2D eigenvalue weighted by Gasteiger charge is 2.20. The van der Waals surface area contributed by atoms with Gasteiger partial charge in [0.25, 0.3) is 0 Å². The van der Waals surface area contributed by atoms with Crippen LogP contribution < -0.4 is 5.73 Å². The van der Waals surface area contributed by atoms with Crippen molar-refractivity contribution in [1.29, 1.82) is 0 Å². The molecule has 0 aliphatic heterocycles. The molecule has 9 heteroatoms. The number of aromatic nitrogens is 5. The molecule has 4 aromatic rings. The van der Waals surface area contributed by atoms with E-state index < -0.39 is 0 Å². The maximum atomic E-state index is 6.48. The molecular weight excluding hydrogens is 384 g/mol. The van der Waals surface area contributed by atoms with E-state index in [4.69, 9.17) is 15.7 Å². The van der Waals surface area contributed by atoms with E-state index in [-0.39, 0.29) is 0 Å². The summed E-state index contributed by atoms with van der Waals surface area (Å²) in [7, 11) is 0. The van der Waals surface area contributed by atoms with Crippen molar-refractivity contribution in [1.82, 2.24) is 24.9 Å². The van der Waals surface area contributed by atoms with Gasteiger partial charge in [0.2, 0.25) is 0 Å². The van der Waals surface area contributed by atoms with Crippen LogP contribution in [0.3, 0.4) is 0 Å². The summed E-state index contributed by atoms with van der Waals surface area (Å²) in [6, 6.07) is 0. The van der Waals surface area contributed by atoms with Gasteiger partial charge >= 0.3 is 0 Å². The molecule has 0 saturated heterocycles. The molecular formula is C17H16N6S3. The first-order valence-corrected chi connectivity index (χ1v) is 10.8. The lowest BCUT2D eigenvalue weighted by Gasteiger charge is -2.05. The molecule has 0 saturated carbocycles. The molecule has 0 unspecified atom stereocenters. The number of nitrogens with two attached hydrogens (primary N) is 1. The molecule has 0 aromatic carbocycles. The Kier molecular flexibility index (Phi) is 5.09. The lowest BCUT2D eigenvalue weighted by Crippen LogP contribution is -1.96. The molecule has 0 aliphatic rings. The highest BCUT2D eigenvalue weighted by atomic mass is 32.2. The zero-order chi connectivity index (χ0) is 17.9. The Morgan fingerprint density at radius 2 is 2.04 bits per heavy atom. The monoisotopic (exact) mass is 400 g/mol. The lowest BCUT2D eigenvalue weighted by molar-refractivity contribution is 0.897. The van der Waals surface area contributed by atoms with E-state index in [2.05, 4.69) is 21.9 Å². The molecule has 4 aromatic heterocycles. The summed E-state index contributed by atoms with van der Waals surface area (Å²) in [5, 5.41) is 3.59. The van der Waals surface area contributed by atoms with Crippen LogP contribution in [-0.4, -0.2) is 30.7 Å². The Labute approximate surface area is 163 Å². The normalized spacial score (nSPS) is 11.3. The molecule has 0 aliphatic carbocycles. The minimum atomic E-state index is 0.609. The van der Waals surface area contributed by atoms with Crippen LogP contribution >= 0.6 is 34.4 Å². The predicted molar refractivity (Wildman–Crippen MR) is 110 cm³/mol. The van der Waals surface area contributed by atoms with E-state index in [1.165, 1.54) is 24.1 Å². The number of thiophene rings is 1. The van der Waals surface area contributed by atoms with Gasteiger partial charge in [0, 0.05) is 29.5 Å². The smallest absolute Gasteiger partial charge is 0.190 e. The van der Waals surface area contributed by atoms with Crippen LogP contribution in [0.15, 0.2) is 34.5 Å². The van der Waals surface area contributed by atoms with Gasteiger partial charge in [-0.1, -0.05) is 13.3 Å². The van der Waals surface area contributed by atoms with E-state index >= 15 is 0 Å². The van der Waals surface area contributed by atoms with Crippen molar-refractivity contribution in [2.45, 2.75) is 24.0 Å². The van der Waals surface area contributed by atoms with Gasteiger partial charge in [-0.15, -0.1) is 34.4 Å². The van der Waals surface area contributed by atoms with Crippen molar-refractivity contribution in [3.05, 3.63) is 30.3 Å². The highest BCUT2D eigenvalue weighted by Crippen LogP contribution is 2.44. The number of fused-ring (bicyclic) bond motifs is 1. The van der Waals surface area contributed by atoms with E-state index in [1.807, 2.05) is 5.38 Å². The van der Waals surface area contributed by atoms with Crippen molar-refractivity contribution in [3.8, 4) is 22.1 Å². The highest BCUT2D eigenvalue weighted by molar-refractivity contribution is 8.01. The van der Waals surface area contributed by atoms with Crippen molar-refractivity contribution in [2.75, 3.05) is 11.5 Å². The van der Waals surface area contributed by atoms with Gasteiger partial charge in [-0.3, -0.25) is 0 Å². The fourth-order valence-electron chi connectivity index (χ4n) is 2.48. The molecule has 0 fully saturated rings. The minimum absolute atomic E-state index is 0.609. The molecule has 4 heterocycles. The second-order valence-electron chi connectivity index (χ2n) is 5.55. The topological polar surface area (TPSA) is 90.5 Å². The molecule has 0 atom stereocenters. The number of nitrogens with zero attached hydrogens (tertiary/aromatic N) is 5. The number of anilines is 1. The van der Waals surface area contributed by atoms with Gasteiger partial charge in [-0.05, 0) is 12.2 Å². The maximum absolute atomic E-state index is 6.48. The second-order valence-corrected chi connectivity index (χ2v) is 8.80. The maximum Gasteiger partial charge on any atom is 0.190 e. The Bertz CT molecular complexity index is 1010. The van der Waals surface area contributed by atoms with Crippen LogP contribution in [-0.2, 0) is 0 Å². The van der Waals surface area contributed by atoms with Crippen LogP contribution in [0.5, 0.6) is 0 Å². The predicted octanol–water partition coefficient (Wildman–Crippen LogP) is 4.75. The van der Waals surface area contributed by atoms with Gasteiger partial charge in [0.15, 0.2) is 10.8 Å². The lowest BCUT2D eigenvalue weighted by atomic mass is 10.1. The zero-order valence-electron chi connectivity index (χ0n) is 14.0. The minimum Gasteiger partial charge on any atom is -0.397 e. The molecule has 4 rings (SSSR count). The first-order chi connectivity index (χ1) is 12.8. The number of thiazole rings is 1. The van der Waals surface area contributed by atoms with Crippen molar-refractivity contribution < 1.29 is 0 Å². The first kappa shape index (κ1) is 17.3. The summed E-state index contributed by atoms with van der Waals surface area (Å²) in [6.07, 6.45) is 9.09. The average Bonchev–Trinajstić information content (AvgIpc) is 3.31. The Balaban J connectivity index is 1.90. The van der Waals surface area contributed by atoms with Crippen LogP contribution in [0.25, 0.3) is 32.3 Å². The summed E-state index contributed by atoms with van der Waals surface area (Å²) in [5.41, 5.74) is 8.82. The summed E-state index contributed by atoms with van der Waals surface area (Å²) in [4.78, 5) is 23.0. The molecule has 26 heavy (non-hydrogen) atoms. The summed E-state index contributed by atoms with van der Waals surface area (Å²) in [6.45, 7) is 2.19. The average molecular weight is 401 g/mol. The zero-order valence-corrected chi connectivity index (χ0v) is 16.5. The fourth-order valence-corrected chi connectivity index (χ4v) is 5.47. The third-order valence-electron chi connectivity index (χ3n) is 3.74. The van der Waals surface area contributed by atoms with Gasteiger partial charge in [-0.2, -0.15) is 0 Å². The van der Waals surface area contributed by atoms with Crippen LogP contribution in [0, 0.1) is 0 Å². The van der Waals surface area contributed by atoms with E-state index in [0.717, 1.165) is 48.6 Å². The molecule has 0 bridgehead atoms. The Hall–Kier alpha value is -2.10. The van der Waals surface area contributed by atoms with Crippen molar-refractivity contribution >= 4 is 50.3 Å². The molecule has 132 valence electrons. The quantitative estimate of drug-likeness (QED) is 0.369. The third-order valence-corrected chi connectivity index (χ3v) is 6.98. The van der Waals surface area contributed by atoms with Gasteiger partial charge in [0.05, 0.1) is 21.0 Å². The molecule has 2 N–H and O–H groups in total. The van der Waals surface area contributed by atoms with Gasteiger partial charge in [0.1, 0.15) is 11.2 Å². The first-order valence-electron chi connectivity index (χ1n) is 8.16. The Morgan fingerprint density at radius 3 is 2.77 bits per heavy atom. The summed E-state index contributed by atoms with van der Waals surface area (Å²) >= 11 is 4.92. The van der Waals surface area contributed by atoms with Gasteiger partial charge in [-0.25, -0.2) is 24.9 Å². The number of hydrogen-bond donors (Lipinski definition) is 1. The van der Waals surface area contributed by atoms with Crippen LogP contribution in [0.2, 0.25) is 0 Å². The summed E-state index contributed by atoms with van der Waals surface area (Å²) < 4.78 is 1.09. The number of hydrogen-bond acceptors (Lipinski definition) is 9. The molecule has 0 amide bonds. The number of unbranched alkanes of at least 4 members (excludes halogenated alkanes) is 1. The SMILES string of the molecule is CCCCSc1sc2nc(-c3nccs3)nc(-c3cncnc3)c2c1N. The number of nitrogen functional groups attached to an aromatic ring is 1. The third kappa shape index (κ3) is 3.29. The molecule has 6 nitrogen and oxygen atoms in total. The van der Waals surface area contributed by atoms with E-state index in [1.54, 1.807) is 41.7 Å². The number of rotatable bonds is 6. The fraction of sp³-hybridized carbons (Fsp3) is 0.235. The van der Waals surface area contributed by atoms with Crippen LogP contribution in [0.4, 0.5) is 5.69 Å². The largest absolute Gasteiger partial charge is 0.397 e. The van der Waals surface area contributed by atoms with Crippen molar-refractivity contribution in [2.24, 2.45) is 0 Å².